The lowest BCUT2D eigenvalue weighted by molar-refractivity contribution is -0.704. The quantitative estimate of drug-likeness (QED) is 0.0685. The van der Waals surface area contributed by atoms with E-state index in [4.69, 9.17) is 0 Å². The molecule has 1 aromatic heterocycles. The van der Waals surface area contributed by atoms with Gasteiger partial charge in [0.25, 0.3) is 5.82 Å². The minimum absolute atomic E-state index is 1.15. The second kappa shape index (κ2) is 26.1. The summed E-state index contributed by atoms with van der Waals surface area (Å²) >= 11 is 0. The molecule has 2 nitrogen and oxygen atoms in total. The molecule has 0 fully saturated rings. The molecule has 234 valence electrons. The SMILES string of the molecule is CCCCCCCCCCCCCCCCn1cc[n+](CCCc2ccccc2)c1CCCCCCCCCCC. The number of aromatic nitrogens is 2. The molecule has 0 aliphatic heterocycles. The van der Waals surface area contributed by atoms with Gasteiger partial charge >= 0.3 is 0 Å². The molecule has 0 bridgehead atoms. The standard InChI is InChI=1S/C39H69N2/c1-3-5-7-9-11-13-14-15-16-17-19-21-23-28-34-40-36-37-41(35-29-32-38-30-25-24-26-31-38)39(40)33-27-22-20-18-12-10-8-6-4-2/h24-26,30-31,36-37H,3-23,27-29,32-35H2,1-2H3/q+1. The van der Waals surface area contributed by atoms with E-state index in [2.05, 4.69) is 65.7 Å². The third kappa shape index (κ3) is 18.6. The van der Waals surface area contributed by atoms with E-state index in [1.165, 1.54) is 179 Å². The number of aryl methyl sites for hydroxylation is 3. The Morgan fingerprint density at radius 3 is 1.46 bits per heavy atom. The van der Waals surface area contributed by atoms with Crippen LogP contribution in [0.15, 0.2) is 42.7 Å². The molecule has 1 heterocycles. The number of unbranched alkanes of at least 4 members (excludes halogenated alkanes) is 21. The Labute approximate surface area is 256 Å². The van der Waals surface area contributed by atoms with Crippen LogP contribution >= 0.6 is 0 Å². The first kappa shape index (κ1) is 35.6. The van der Waals surface area contributed by atoms with Crippen molar-refractivity contribution < 1.29 is 4.57 Å². The van der Waals surface area contributed by atoms with Gasteiger partial charge in [-0.15, -0.1) is 0 Å². The van der Waals surface area contributed by atoms with Gasteiger partial charge in [-0.2, -0.15) is 0 Å². The Kier molecular flexibility index (Phi) is 22.7. The number of hydrogen-bond acceptors (Lipinski definition) is 0. The summed E-state index contributed by atoms with van der Waals surface area (Å²) in [6.07, 6.45) is 41.1. The number of imidazole rings is 1. The molecule has 0 aliphatic rings. The molecule has 0 spiro atoms. The Bertz CT molecular complexity index is 808. The first-order valence-electron chi connectivity index (χ1n) is 18.5. The van der Waals surface area contributed by atoms with Gasteiger partial charge in [0.1, 0.15) is 12.4 Å². The maximum atomic E-state index is 2.60. The highest BCUT2D eigenvalue weighted by atomic mass is 15.1. The first-order valence-corrected chi connectivity index (χ1v) is 18.5. The molecule has 2 rings (SSSR count). The average Bonchev–Trinajstić information content (AvgIpc) is 3.38. The fourth-order valence-electron chi connectivity index (χ4n) is 6.36. The van der Waals surface area contributed by atoms with Gasteiger partial charge in [-0.25, -0.2) is 9.13 Å². The molecule has 2 heteroatoms. The van der Waals surface area contributed by atoms with Gasteiger partial charge in [0.05, 0.1) is 13.1 Å². The Morgan fingerprint density at radius 2 is 0.951 bits per heavy atom. The minimum atomic E-state index is 1.15. The van der Waals surface area contributed by atoms with E-state index < -0.39 is 0 Å². The zero-order chi connectivity index (χ0) is 29.1. The second-order valence-corrected chi connectivity index (χ2v) is 12.9. The summed E-state index contributed by atoms with van der Waals surface area (Å²) in [6.45, 7) is 6.97. The molecule has 0 radical (unpaired) electrons. The predicted molar refractivity (Wildman–Crippen MR) is 181 cm³/mol. The van der Waals surface area contributed by atoms with E-state index >= 15 is 0 Å². The fourth-order valence-corrected chi connectivity index (χ4v) is 6.36. The summed E-state index contributed by atoms with van der Waals surface area (Å²) in [5.74, 6) is 1.58. The second-order valence-electron chi connectivity index (χ2n) is 12.9. The van der Waals surface area contributed by atoms with E-state index in [1.54, 1.807) is 5.82 Å². The highest BCUT2D eigenvalue weighted by molar-refractivity contribution is 5.14. The lowest BCUT2D eigenvalue weighted by Crippen LogP contribution is -2.37. The molecule has 0 saturated carbocycles. The smallest absolute Gasteiger partial charge is 0.234 e. The Hall–Kier alpha value is -1.57. The fraction of sp³-hybridized carbons (Fsp3) is 0.769. The van der Waals surface area contributed by atoms with Gasteiger partial charge in [0.2, 0.25) is 0 Å². The summed E-state index contributed by atoms with van der Waals surface area (Å²) in [5, 5.41) is 0. The molecule has 0 amide bonds. The van der Waals surface area contributed by atoms with Crippen molar-refractivity contribution in [2.75, 3.05) is 0 Å². The molecule has 0 atom stereocenters. The highest BCUT2D eigenvalue weighted by Gasteiger charge is 2.16. The summed E-state index contributed by atoms with van der Waals surface area (Å²) in [5.41, 5.74) is 1.47. The molecule has 2 aromatic rings. The summed E-state index contributed by atoms with van der Waals surface area (Å²) in [6, 6.07) is 11.0. The van der Waals surface area contributed by atoms with Crippen LogP contribution in [-0.4, -0.2) is 4.57 Å². The van der Waals surface area contributed by atoms with Gasteiger partial charge < -0.3 is 0 Å². The minimum Gasteiger partial charge on any atom is -0.234 e. The van der Waals surface area contributed by atoms with Gasteiger partial charge in [-0.05, 0) is 37.7 Å². The lowest BCUT2D eigenvalue weighted by Gasteiger charge is -2.07. The van der Waals surface area contributed by atoms with Crippen LogP contribution in [0, 0.1) is 0 Å². The summed E-state index contributed by atoms with van der Waals surface area (Å²) < 4.78 is 5.19. The van der Waals surface area contributed by atoms with Gasteiger partial charge in [0, 0.05) is 6.42 Å². The van der Waals surface area contributed by atoms with Gasteiger partial charge in [-0.3, -0.25) is 0 Å². The zero-order valence-corrected chi connectivity index (χ0v) is 27.7. The number of benzene rings is 1. The van der Waals surface area contributed by atoms with Crippen LogP contribution in [0.4, 0.5) is 0 Å². The molecule has 0 N–H and O–H groups in total. The molecule has 0 saturated heterocycles. The van der Waals surface area contributed by atoms with Crippen LogP contribution in [0.3, 0.4) is 0 Å². The number of nitrogens with zero attached hydrogens (tertiary/aromatic N) is 2. The zero-order valence-electron chi connectivity index (χ0n) is 27.7. The van der Waals surface area contributed by atoms with Crippen molar-refractivity contribution in [3.05, 3.63) is 54.1 Å². The number of rotatable bonds is 29. The van der Waals surface area contributed by atoms with Crippen molar-refractivity contribution in [3.8, 4) is 0 Å². The maximum Gasteiger partial charge on any atom is 0.256 e. The predicted octanol–water partition coefficient (Wildman–Crippen LogP) is 12.0. The topological polar surface area (TPSA) is 8.81 Å². The van der Waals surface area contributed by atoms with Crippen molar-refractivity contribution in [1.29, 1.82) is 0 Å². The van der Waals surface area contributed by atoms with E-state index in [9.17, 15) is 0 Å². The van der Waals surface area contributed by atoms with Crippen LogP contribution in [0.1, 0.15) is 179 Å². The van der Waals surface area contributed by atoms with E-state index in [-0.39, 0.29) is 0 Å². The van der Waals surface area contributed by atoms with E-state index in [1.807, 2.05) is 0 Å². The van der Waals surface area contributed by atoms with E-state index in [0.29, 0.717) is 0 Å². The molecular formula is C39H69N2+. The lowest BCUT2D eigenvalue weighted by atomic mass is 10.0. The molecule has 41 heavy (non-hydrogen) atoms. The monoisotopic (exact) mass is 566 g/mol. The van der Waals surface area contributed by atoms with Crippen molar-refractivity contribution >= 4 is 0 Å². The normalized spacial score (nSPS) is 11.5. The summed E-state index contributed by atoms with van der Waals surface area (Å²) in [4.78, 5) is 0. The molecule has 1 aromatic carbocycles. The van der Waals surface area contributed by atoms with Crippen molar-refractivity contribution in [1.82, 2.24) is 4.57 Å². The van der Waals surface area contributed by atoms with Crippen LogP contribution in [0.5, 0.6) is 0 Å². The van der Waals surface area contributed by atoms with Crippen LogP contribution < -0.4 is 4.57 Å². The highest BCUT2D eigenvalue weighted by Crippen LogP contribution is 2.15. The van der Waals surface area contributed by atoms with Gasteiger partial charge in [0.15, 0.2) is 0 Å². The van der Waals surface area contributed by atoms with Crippen molar-refractivity contribution in [2.45, 2.75) is 194 Å². The third-order valence-electron chi connectivity index (χ3n) is 9.05. The van der Waals surface area contributed by atoms with E-state index in [0.717, 1.165) is 6.54 Å². The first-order chi connectivity index (χ1) is 20.3. The number of hydrogen-bond donors (Lipinski definition) is 0. The van der Waals surface area contributed by atoms with Crippen LogP contribution in [0.25, 0.3) is 0 Å². The molecular weight excluding hydrogens is 496 g/mol. The average molecular weight is 566 g/mol. The Morgan fingerprint density at radius 1 is 0.488 bits per heavy atom. The largest absolute Gasteiger partial charge is 0.256 e. The van der Waals surface area contributed by atoms with Gasteiger partial charge in [-0.1, -0.05) is 173 Å². The van der Waals surface area contributed by atoms with Crippen LogP contribution in [-0.2, 0) is 25.9 Å². The van der Waals surface area contributed by atoms with Crippen molar-refractivity contribution in [3.63, 3.8) is 0 Å². The van der Waals surface area contributed by atoms with Crippen molar-refractivity contribution in [2.24, 2.45) is 0 Å². The molecule has 0 unspecified atom stereocenters. The molecule has 0 aliphatic carbocycles. The van der Waals surface area contributed by atoms with Crippen LogP contribution in [0.2, 0.25) is 0 Å². The summed E-state index contributed by atoms with van der Waals surface area (Å²) in [7, 11) is 0. The third-order valence-corrected chi connectivity index (χ3v) is 9.05. The Balaban J connectivity index is 1.64. The maximum absolute atomic E-state index is 2.60.